The lowest BCUT2D eigenvalue weighted by atomic mass is 10.1. The number of nitrogens with zero attached hydrogens (tertiary/aromatic N) is 3. The molecule has 2 heterocycles. The van der Waals surface area contributed by atoms with Crippen molar-refractivity contribution in [3.63, 3.8) is 0 Å². The molecule has 6 heteroatoms. The van der Waals surface area contributed by atoms with Crippen molar-refractivity contribution in [1.29, 1.82) is 0 Å². The van der Waals surface area contributed by atoms with Crippen LogP contribution in [0, 0.1) is 0 Å². The fourth-order valence-electron chi connectivity index (χ4n) is 2.62. The van der Waals surface area contributed by atoms with Crippen molar-refractivity contribution in [3.05, 3.63) is 70.9 Å². The molecule has 4 nitrogen and oxygen atoms in total. The average Bonchev–Trinajstić information content (AvgIpc) is 2.94. The maximum absolute atomic E-state index is 6.15. The number of hydrogen-bond donors (Lipinski definition) is 1. The zero-order chi connectivity index (χ0) is 17.8. The molecule has 0 aliphatic rings. The largest absolute Gasteiger partial charge is 0.324 e. The number of halogens is 1. The van der Waals surface area contributed by atoms with Gasteiger partial charge in [0, 0.05) is 22.3 Å². The third-order valence-electron chi connectivity index (χ3n) is 3.83. The topological polar surface area (TPSA) is 56.7 Å². The van der Waals surface area contributed by atoms with Gasteiger partial charge < -0.3 is 10.3 Å². The summed E-state index contributed by atoms with van der Waals surface area (Å²) in [6, 6.07) is 11.9. The highest BCUT2D eigenvalue weighted by atomic mass is 35.5. The molecular weight excluding hydrogens is 352 g/mol. The highest BCUT2D eigenvalue weighted by Gasteiger charge is 2.20. The maximum atomic E-state index is 6.15. The first-order chi connectivity index (χ1) is 12.1. The number of nitrogens with two attached hydrogens (primary N) is 1. The molecule has 0 atom stereocenters. The van der Waals surface area contributed by atoms with E-state index in [4.69, 9.17) is 22.3 Å². The summed E-state index contributed by atoms with van der Waals surface area (Å²) in [7, 11) is 0. The van der Waals surface area contributed by atoms with E-state index in [1.807, 2.05) is 30.5 Å². The summed E-state index contributed by atoms with van der Waals surface area (Å²) in [4.78, 5) is 10.1. The lowest BCUT2D eigenvalue weighted by Crippen LogP contribution is -2.10. The molecule has 130 valence electrons. The van der Waals surface area contributed by atoms with E-state index in [0.717, 1.165) is 32.0 Å². The van der Waals surface area contributed by atoms with E-state index < -0.39 is 0 Å². The second-order valence-corrected chi connectivity index (χ2v) is 7.58. The molecule has 0 radical (unpaired) electrons. The Hall–Kier alpha value is -1.82. The maximum Gasteiger partial charge on any atom is 0.124 e. The zero-order valence-corrected chi connectivity index (χ0v) is 15.9. The average molecular weight is 373 g/mol. The summed E-state index contributed by atoms with van der Waals surface area (Å²) < 4.78 is 2.19. The second kappa shape index (κ2) is 8.04. The van der Waals surface area contributed by atoms with Crippen LogP contribution in [-0.2, 0) is 13.1 Å². The van der Waals surface area contributed by atoms with E-state index in [1.54, 1.807) is 18.0 Å². The molecule has 1 aromatic carbocycles. The molecule has 0 spiro atoms. The van der Waals surface area contributed by atoms with Crippen LogP contribution in [0.2, 0.25) is 5.02 Å². The van der Waals surface area contributed by atoms with Gasteiger partial charge in [0.1, 0.15) is 10.9 Å². The molecule has 0 saturated carbocycles. The Kier molecular flexibility index (Phi) is 5.78. The molecule has 3 aromatic rings. The molecule has 2 N–H and O–H groups in total. The number of rotatable bonds is 6. The first kappa shape index (κ1) is 18.0. The van der Waals surface area contributed by atoms with Gasteiger partial charge in [-0.3, -0.25) is 4.98 Å². The molecule has 0 fully saturated rings. The van der Waals surface area contributed by atoms with Crippen LogP contribution < -0.4 is 5.73 Å². The highest BCUT2D eigenvalue weighted by molar-refractivity contribution is 7.99. The van der Waals surface area contributed by atoms with Gasteiger partial charge >= 0.3 is 0 Å². The minimum atomic E-state index is 0.308. The molecule has 0 aliphatic heterocycles. The van der Waals surface area contributed by atoms with Crippen LogP contribution in [0.25, 0.3) is 0 Å². The Morgan fingerprint density at radius 1 is 1.24 bits per heavy atom. The van der Waals surface area contributed by atoms with E-state index in [0.29, 0.717) is 19.0 Å². The Morgan fingerprint density at radius 2 is 2.08 bits per heavy atom. The molecule has 0 unspecified atom stereocenters. The molecule has 0 saturated heterocycles. The summed E-state index contributed by atoms with van der Waals surface area (Å²) in [6.07, 6.45) is 3.66. The minimum absolute atomic E-state index is 0.308. The van der Waals surface area contributed by atoms with Crippen LogP contribution in [0.15, 0.2) is 58.7 Å². The van der Waals surface area contributed by atoms with Gasteiger partial charge in [-0.05, 0) is 35.7 Å². The van der Waals surface area contributed by atoms with Crippen molar-refractivity contribution in [1.82, 2.24) is 14.5 Å². The Bertz CT molecular complexity index is 846. The van der Waals surface area contributed by atoms with Crippen LogP contribution in [0.4, 0.5) is 0 Å². The SMILES string of the molecule is CC(C)c1nc(CN)n(Cc2cccnc2)c1Sc1cccc(Cl)c1. The van der Waals surface area contributed by atoms with E-state index in [2.05, 4.69) is 35.5 Å². The van der Waals surface area contributed by atoms with Gasteiger partial charge in [-0.2, -0.15) is 0 Å². The van der Waals surface area contributed by atoms with Crippen LogP contribution in [-0.4, -0.2) is 14.5 Å². The van der Waals surface area contributed by atoms with Crippen molar-refractivity contribution in [2.24, 2.45) is 5.73 Å². The number of hydrogen-bond acceptors (Lipinski definition) is 4. The van der Waals surface area contributed by atoms with E-state index >= 15 is 0 Å². The predicted octanol–water partition coefficient (Wildman–Crippen LogP) is 4.71. The fraction of sp³-hybridized carbons (Fsp3) is 0.263. The minimum Gasteiger partial charge on any atom is -0.324 e. The number of pyridine rings is 1. The smallest absolute Gasteiger partial charge is 0.124 e. The first-order valence-electron chi connectivity index (χ1n) is 8.20. The molecule has 0 aliphatic carbocycles. The van der Waals surface area contributed by atoms with E-state index in [1.165, 1.54) is 0 Å². The number of benzene rings is 1. The third kappa shape index (κ3) is 4.24. The molecule has 0 amide bonds. The standard InChI is InChI=1S/C19H21ClN4S/c1-13(2)18-19(25-16-7-3-6-15(20)9-16)24(17(10-21)23-18)12-14-5-4-8-22-11-14/h3-9,11,13H,10,12,21H2,1-2H3. The lowest BCUT2D eigenvalue weighted by molar-refractivity contribution is 0.667. The van der Waals surface area contributed by atoms with Crippen LogP contribution >= 0.6 is 23.4 Å². The molecule has 0 bridgehead atoms. The normalized spacial score (nSPS) is 11.2. The van der Waals surface area contributed by atoms with Gasteiger partial charge in [-0.1, -0.05) is 49.3 Å². The van der Waals surface area contributed by atoms with Gasteiger partial charge in [0.15, 0.2) is 0 Å². The van der Waals surface area contributed by atoms with Crippen molar-refractivity contribution >= 4 is 23.4 Å². The van der Waals surface area contributed by atoms with E-state index in [9.17, 15) is 0 Å². The summed E-state index contributed by atoms with van der Waals surface area (Å²) in [5.41, 5.74) is 8.16. The van der Waals surface area contributed by atoms with Crippen LogP contribution in [0.3, 0.4) is 0 Å². The van der Waals surface area contributed by atoms with Crippen molar-refractivity contribution in [2.75, 3.05) is 0 Å². The van der Waals surface area contributed by atoms with Crippen molar-refractivity contribution < 1.29 is 0 Å². The summed E-state index contributed by atoms with van der Waals surface area (Å²) in [6.45, 7) is 5.40. The van der Waals surface area contributed by atoms with Crippen LogP contribution in [0.5, 0.6) is 0 Å². The van der Waals surface area contributed by atoms with Gasteiger partial charge in [0.25, 0.3) is 0 Å². The predicted molar refractivity (Wildman–Crippen MR) is 103 cm³/mol. The van der Waals surface area contributed by atoms with Crippen molar-refractivity contribution in [3.8, 4) is 0 Å². The first-order valence-corrected chi connectivity index (χ1v) is 9.39. The monoisotopic (exact) mass is 372 g/mol. The quantitative estimate of drug-likeness (QED) is 0.680. The van der Waals surface area contributed by atoms with Gasteiger partial charge in [-0.25, -0.2) is 4.98 Å². The van der Waals surface area contributed by atoms with Gasteiger partial charge in [0.2, 0.25) is 0 Å². The van der Waals surface area contributed by atoms with Gasteiger partial charge in [0.05, 0.1) is 18.8 Å². The molecular formula is C19H21ClN4S. The Labute approximate surface area is 157 Å². The number of aromatic nitrogens is 3. The molecule has 25 heavy (non-hydrogen) atoms. The second-order valence-electron chi connectivity index (χ2n) is 6.08. The Balaban J connectivity index is 2.05. The highest BCUT2D eigenvalue weighted by Crippen LogP contribution is 2.36. The third-order valence-corrected chi connectivity index (χ3v) is 5.18. The fourth-order valence-corrected chi connectivity index (χ4v) is 4.10. The summed E-state index contributed by atoms with van der Waals surface area (Å²) in [5, 5.41) is 1.84. The lowest BCUT2D eigenvalue weighted by Gasteiger charge is -2.13. The van der Waals surface area contributed by atoms with Crippen molar-refractivity contribution in [2.45, 2.75) is 42.8 Å². The summed E-state index contributed by atoms with van der Waals surface area (Å²) in [5.74, 6) is 1.19. The zero-order valence-electron chi connectivity index (χ0n) is 14.3. The van der Waals surface area contributed by atoms with E-state index in [-0.39, 0.29) is 0 Å². The van der Waals surface area contributed by atoms with Crippen LogP contribution in [0.1, 0.15) is 36.8 Å². The molecule has 2 aromatic heterocycles. The summed E-state index contributed by atoms with van der Waals surface area (Å²) >= 11 is 7.83. The Morgan fingerprint density at radius 3 is 2.72 bits per heavy atom. The molecule has 3 rings (SSSR count). The number of imidazole rings is 1. The van der Waals surface area contributed by atoms with Gasteiger partial charge in [-0.15, -0.1) is 0 Å².